The number of aryl methyl sites for hydroxylation is 1. The number of carbonyl (C=O) groups is 2. The summed E-state index contributed by atoms with van der Waals surface area (Å²) in [5.41, 5.74) is 0. The van der Waals surface area contributed by atoms with Crippen LogP contribution in [0.25, 0.3) is 0 Å². The van der Waals surface area contributed by atoms with Gasteiger partial charge in [0.25, 0.3) is 0 Å². The second-order valence-electron chi connectivity index (χ2n) is 4.53. The molecular formula is C11H17N5O3. The van der Waals surface area contributed by atoms with E-state index in [0.29, 0.717) is 25.9 Å². The molecule has 1 aliphatic heterocycles. The van der Waals surface area contributed by atoms with Gasteiger partial charge in [0.15, 0.2) is 0 Å². The summed E-state index contributed by atoms with van der Waals surface area (Å²) in [6, 6.07) is -1.03. The van der Waals surface area contributed by atoms with Gasteiger partial charge in [-0.1, -0.05) is 0 Å². The van der Waals surface area contributed by atoms with Crippen LogP contribution in [0, 0.1) is 0 Å². The first-order valence-electron chi connectivity index (χ1n) is 6.19. The van der Waals surface area contributed by atoms with E-state index in [9.17, 15) is 9.59 Å². The molecule has 8 nitrogen and oxygen atoms in total. The van der Waals surface area contributed by atoms with Crippen molar-refractivity contribution >= 4 is 12.0 Å². The van der Waals surface area contributed by atoms with E-state index < -0.39 is 12.0 Å². The number of amides is 2. The predicted molar refractivity (Wildman–Crippen MR) is 65.5 cm³/mol. The standard InChI is InChI=1S/C11H17N5O3/c1-15-7-13-14-9(15)4-5-12-11(19)16-6-2-3-8(16)10(17)18/h7-8H,2-6H2,1H3,(H,12,19)(H,17,18)/t8-/m1/s1. The second-order valence-corrected chi connectivity index (χ2v) is 4.53. The molecule has 0 spiro atoms. The zero-order valence-corrected chi connectivity index (χ0v) is 10.7. The fraction of sp³-hybridized carbons (Fsp3) is 0.636. The summed E-state index contributed by atoms with van der Waals surface area (Å²) in [7, 11) is 1.83. The number of urea groups is 1. The van der Waals surface area contributed by atoms with Gasteiger partial charge < -0.3 is 19.9 Å². The minimum atomic E-state index is -0.944. The topological polar surface area (TPSA) is 100 Å². The van der Waals surface area contributed by atoms with E-state index in [0.717, 1.165) is 12.2 Å². The molecule has 0 bridgehead atoms. The van der Waals surface area contributed by atoms with Crippen LogP contribution in [0.4, 0.5) is 4.79 Å². The molecule has 1 aromatic heterocycles. The number of carbonyl (C=O) groups excluding carboxylic acids is 1. The molecule has 2 amide bonds. The van der Waals surface area contributed by atoms with E-state index in [1.807, 2.05) is 7.05 Å². The average molecular weight is 267 g/mol. The summed E-state index contributed by atoms with van der Waals surface area (Å²) in [6.07, 6.45) is 3.41. The first-order chi connectivity index (χ1) is 9.09. The van der Waals surface area contributed by atoms with Crippen molar-refractivity contribution in [1.29, 1.82) is 0 Å². The van der Waals surface area contributed by atoms with Crippen LogP contribution in [0.5, 0.6) is 0 Å². The van der Waals surface area contributed by atoms with Crippen LogP contribution in [0.2, 0.25) is 0 Å². The lowest BCUT2D eigenvalue weighted by atomic mass is 10.2. The van der Waals surface area contributed by atoms with Gasteiger partial charge in [0.2, 0.25) is 0 Å². The molecule has 8 heteroatoms. The maximum absolute atomic E-state index is 11.9. The Morgan fingerprint density at radius 1 is 1.58 bits per heavy atom. The van der Waals surface area contributed by atoms with Crippen LogP contribution >= 0.6 is 0 Å². The molecule has 1 aromatic rings. The summed E-state index contributed by atoms with van der Waals surface area (Å²) in [6.45, 7) is 0.904. The minimum Gasteiger partial charge on any atom is -0.480 e. The number of aliphatic carboxylic acids is 1. The quantitative estimate of drug-likeness (QED) is 0.774. The van der Waals surface area contributed by atoms with Gasteiger partial charge >= 0.3 is 12.0 Å². The number of rotatable bonds is 4. The Balaban J connectivity index is 1.81. The molecule has 104 valence electrons. The van der Waals surface area contributed by atoms with Crippen molar-refractivity contribution in [2.45, 2.75) is 25.3 Å². The Morgan fingerprint density at radius 2 is 2.37 bits per heavy atom. The molecule has 0 aromatic carbocycles. The lowest BCUT2D eigenvalue weighted by Crippen LogP contribution is -2.46. The second kappa shape index (κ2) is 5.68. The highest BCUT2D eigenvalue weighted by Gasteiger charge is 2.33. The highest BCUT2D eigenvalue weighted by atomic mass is 16.4. The highest BCUT2D eigenvalue weighted by molar-refractivity contribution is 5.83. The zero-order valence-electron chi connectivity index (χ0n) is 10.7. The number of hydrogen-bond donors (Lipinski definition) is 2. The van der Waals surface area contributed by atoms with Gasteiger partial charge in [-0.2, -0.15) is 0 Å². The van der Waals surface area contributed by atoms with Crippen LogP contribution in [-0.4, -0.2) is 55.9 Å². The number of hydrogen-bond acceptors (Lipinski definition) is 4. The molecule has 2 rings (SSSR count). The van der Waals surface area contributed by atoms with E-state index in [1.54, 1.807) is 10.9 Å². The normalized spacial score (nSPS) is 18.6. The molecule has 0 aliphatic carbocycles. The number of aromatic nitrogens is 3. The van der Waals surface area contributed by atoms with Gasteiger partial charge in [0, 0.05) is 26.6 Å². The van der Waals surface area contributed by atoms with Crippen molar-refractivity contribution in [2.75, 3.05) is 13.1 Å². The van der Waals surface area contributed by atoms with Crippen molar-refractivity contribution in [3.63, 3.8) is 0 Å². The van der Waals surface area contributed by atoms with Gasteiger partial charge in [0.05, 0.1) is 0 Å². The van der Waals surface area contributed by atoms with E-state index in [1.165, 1.54) is 4.90 Å². The maximum Gasteiger partial charge on any atom is 0.326 e. The highest BCUT2D eigenvalue weighted by Crippen LogP contribution is 2.17. The van der Waals surface area contributed by atoms with E-state index >= 15 is 0 Å². The Morgan fingerprint density at radius 3 is 3.00 bits per heavy atom. The van der Waals surface area contributed by atoms with E-state index in [4.69, 9.17) is 5.11 Å². The number of nitrogens with one attached hydrogen (secondary N) is 1. The first-order valence-corrected chi connectivity index (χ1v) is 6.19. The zero-order chi connectivity index (χ0) is 13.8. The fourth-order valence-electron chi connectivity index (χ4n) is 2.18. The van der Waals surface area contributed by atoms with Crippen molar-refractivity contribution in [3.05, 3.63) is 12.2 Å². The van der Waals surface area contributed by atoms with Crippen LogP contribution in [0.1, 0.15) is 18.7 Å². The number of nitrogens with zero attached hydrogens (tertiary/aromatic N) is 4. The maximum atomic E-state index is 11.9. The molecule has 19 heavy (non-hydrogen) atoms. The largest absolute Gasteiger partial charge is 0.480 e. The number of carboxylic acid groups (broad SMARTS) is 1. The van der Waals surface area contributed by atoms with Gasteiger partial charge in [-0.3, -0.25) is 0 Å². The third-order valence-corrected chi connectivity index (χ3v) is 3.23. The van der Waals surface area contributed by atoms with Gasteiger partial charge in [-0.25, -0.2) is 9.59 Å². The van der Waals surface area contributed by atoms with Gasteiger partial charge in [-0.15, -0.1) is 10.2 Å². The predicted octanol–water partition coefficient (Wildman–Crippen LogP) is -0.384. The number of likely N-dealkylation sites (tertiary alicyclic amines) is 1. The first kappa shape index (κ1) is 13.3. The lowest BCUT2D eigenvalue weighted by Gasteiger charge is -2.21. The van der Waals surface area contributed by atoms with E-state index in [-0.39, 0.29) is 6.03 Å². The Labute approximate surface area is 110 Å². The number of carboxylic acids is 1. The SMILES string of the molecule is Cn1cnnc1CCNC(=O)N1CCC[C@@H]1C(=O)O. The van der Waals surface area contributed by atoms with E-state index in [2.05, 4.69) is 15.5 Å². The lowest BCUT2D eigenvalue weighted by molar-refractivity contribution is -0.141. The molecule has 1 fully saturated rings. The molecule has 0 radical (unpaired) electrons. The third-order valence-electron chi connectivity index (χ3n) is 3.23. The van der Waals surface area contributed by atoms with Gasteiger partial charge in [0.1, 0.15) is 18.2 Å². The van der Waals surface area contributed by atoms with Crippen LogP contribution in [0.3, 0.4) is 0 Å². The summed E-state index contributed by atoms with van der Waals surface area (Å²) >= 11 is 0. The van der Waals surface area contributed by atoms with Crippen LogP contribution < -0.4 is 5.32 Å². The summed E-state index contributed by atoms with van der Waals surface area (Å²) in [4.78, 5) is 24.2. The third kappa shape index (κ3) is 3.01. The molecule has 2 N–H and O–H groups in total. The molecular weight excluding hydrogens is 250 g/mol. The molecule has 1 aliphatic rings. The van der Waals surface area contributed by atoms with Crippen molar-refractivity contribution in [3.8, 4) is 0 Å². The smallest absolute Gasteiger partial charge is 0.326 e. The van der Waals surface area contributed by atoms with Crippen LogP contribution in [-0.2, 0) is 18.3 Å². The molecule has 0 saturated carbocycles. The average Bonchev–Trinajstić information content (AvgIpc) is 2.98. The molecule has 1 saturated heterocycles. The molecule has 0 unspecified atom stereocenters. The fourth-order valence-corrected chi connectivity index (χ4v) is 2.18. The summed E-state index contributed by atoms with van der Waals surface area (Å²) in [5.74, 6) is -0.169. The van der Waals surface area contributed by atoms with Crippen molar-refractivity contribution in [1.82, 2.24) is 25.0 Å². The van der Waals surface area contributed by atoms with Gasteiger partial charge in [-0.05, 0) is 12.8 Å². The summed E-state index contributed by atoms with van der Waals surface area (Å²) < 4.78 is 1.78. The molecule has 1 atom stereocenters. The Kier molecular flexibility index (Phi) is 3.98. The monoisotopic (exact) mass is 267 g/mol. The molecule has 2 heterocycles. The van der Waals surface area contributed by atoms with Crippen molar-refractivity contribution in [2.24, 2.45) is 7.05 Å². The minimum absolute atomic E-state index is 0.327. The Hall–Kier alpha value is -2.12. The van der Waals surface area contributed by atoms with Crippen molar-refractivity contribution < 1.29 is 14.7 Å². The Bertz CT molecular complexity index is 473. The van der Waals surface area contributed by atoms with Crippen LogP contribution in [0.15, 0.2) is 6.33 Å². The summed E-state index contributed by atoms with van der Waals surface area (Å²) in [5, 5.41) is 19.4.